The number of carbonyl (C=O) groups excluding carboxylic acids is 1. The van der Waals surface area contributed by atoms with Crippen molar-refractivity contribution in [3.63, 3.8) is 0 Å². The lowest BCUT2D eigenvalue weighted by Gasteiger charge is -2.17. The number of benzene rings is 1. The van der Waals surface area contributed by atoms with Crippen LogP contribution in [0.2, 0.25) is 0 Å². The molecule has 3 rings (SSSR count). The van der Waals surface area contributed by atoms with Crippen LogP contribution in [0.15, 0.2) is 30.5 Å². The zero-order valence-corrected chi connectivity index (χ0v) is 13.2. The number of carbonyl (C=O) groups is 1. The highest BCUT2D eigenvalue weighted by atomic mass is 16.5. The van der Waals surface area contributed by atoms with Gasteiger partial charge in [0.25, 0.3) is 0 Å². The molecule has 0 N–H and O–H groups in total. The molecule has 1 aromatic heterocycles. The van der Waals surface area contributed by atoms with Crippen LogP contribution in [0.5, 0.6) is 6.01 Å². The van der Waals surface area contributed by atoms with Crippen molar-refractivity contribution in [1.82, 2.24) is 9.97 Å². The fraction of sp³-hybridized carbons (Fsp3) is 0.294. The zero-order chi connectivity index (χ0) is 16.9. The molecular formula is C17H16N4O3. The van der Waals surface area contributed by atoms with E-state index in [2.05, 4.69) is 14.8 Å². The van der Waals surface area contributed by atoms with Crippen LogP contribution >= 0.6 is 0 Å². The van der Waals surface area contributed by atoms with Gasteiger partial charge in [0.05, 0.1) is 26.1 Å². The maximum absolute atomic E-state index is 12.3. The topological polar surface area (TPSA) is 68.9 Å². The van der Waals surface area contributed by atoms with Gasteiger partial charge in [0, 0.05) is 18.9 Å². The number of anilines is 1. The van der Waals surface area contributed by atoms with E-state index in [1.165, 1.54) is 0 Å². The molecule has 2 aromatic rings. The first-order valence-corrected chi connectivity index (χ1v) is 7.45. The van der Waals surface area contributed by atoms with Crippen molar-refractivity contribution in [3.05, 3.63) is 53.0 Å². The summed E-state index contributed by atoms with van der Waals surface area (Å²) in [5, 5.41) is 0. The molecule has 1 amide bonds. The highest BCUT2D eigenvalue weighted by Gasteiger charge is 2.29. The molecule has 1 aliphatic heterocycles. The van der Waals surface area contributed by atoms with Crippen LogP contribution in [-0.4, -0.2) is 36.2 Å². The van der Waals surface area contributed by atoms with Crippen LogP contribution < -0.4 is 9.64 Å². The second kappa shape index (κ2) is 7.06. The lowest BCUT2D eigenvalue weighted by Crippen LogP contribution is -2.26. The van der Waals surface area contributed by atoms with E-state index in [0.29, 0.717) is 31.3 Å². The third kappa shape index (κ3) is 3.34. The van der Waals surface area contributed by atoms with Gasteiger partial charge >= 0.3 is 6.01 Å². The summed E-state index contributed by atoms with van der Waals surface area (Å²) in [5.41, 5.74) is 2.30. The summed E-state index contributed by atoms with van der Waals surface area (Å²) in [6.07, 6.45) is 1.91. The molecule has 0 saturated carbocycles. The summed E-state index contributed by atoms with van der Waals surface area (Å²) in [6, 6.07) is 7.39. The van der Waals surface area contributed by atoms with Gasteiger partial charge in [0.2, 0.25) is 5.91 Å². The van der Waals surface area contributed by atoms with Gasteiger partial charge in [-0.1, -0.05) is 24.3 Å². The Labute approximate surface area is 139 Å². The van der Waals surface area contributed by atoms with Crippen LogP contribution in [0.3, 0.4) is 0 Å². The number of nitrogens with zero attached hydrogens (tertiary/aromatic N) is 4. The van der Waals surface area contributed by atoms with Gasteiger partial charge < -0.3 is 9.47 Å². The van der Waals surface area contributed by atoms with Crippen LogP contribution in [0, 0.1) is 6.57 Å². The molecule has 0 saturated heterocycles. The van der Waals surface area contributed by atoms with Gasteiger partial charge in [-0.3, -0.25) is 9.69 Å². The predicted molar refractivity (Wildman–Crippen MR) is 87.0 cm³/mol. The van der Waals surface area contributed by atoms with Crippen molar-refractivity contribution in [2.75, 3.05) is 25.2 Å². The summed E-state index contributed by atoms with van der Waals surface area (Å²) in [6.45, 7) is 8.17. The van der Waals surface area contributed by atoms with E-state index in [0.717, 1.165) is 11.1 Å². The molecule has 1 aliphatic rings. The van der Waals surface area contributed by atoms with Gasteiger partial charge in [-0.15, -0.1) is 0 Å². The fourth-order valence-electron chi connectivity index (χ4n) is 2.42. The van der Waals surface area contributed by atoms with E-state index in [4.69, 9.17) is 16.0 Å². The smallest absolute Gasteiger partial charge is 0.318 e. The third-order valence-electron chi connectivity index (χ3n) is 3.64. The quantitative estimate of drug-likeness (QED) is 0.601. The second-order valence-electron chi connectivity index (χ2n) is 5.28. The second-order valence-corrected chi connectivity index (χ2v) is 5.28. The number of aromatic nitrogens is 2. The van der Waals surface area contributed by atoms with Crippen molar-refractivity contribution in [2.45, 2.75) is 13.0 Å². The normalized spacial score (nSPS) is 12.8. The lowest BCUT2D eigenvalue weighted by molar-refractivity contribution is -0.117. The first-order valence-electron chi connectivity index (χ1n) is 7.45. The molecule has 0 spiro atoms. The number of hydrogen-bond acceptors (Lipinski definition) is 5. The third-order valence-corrected chi connectivity index (χ3v) is 3.64. The van der Waals surface area contributed by atoms with E-state index in [1.54, 1.807) is 30.3 Å². The van der Waals surface area contributed by atoms with Gasteiger partial charge in [0.15, 0.2) is 5.69 Å². The first-order chi connectivity index (χ1) is 11.7. The highest BCUT2D eigenvalue weighted by Crippen LogP contribution is 2.29. The number of rotatable bonds is 6. The minimum atomic E-state index is -0.0254. The Morgan fingerprint density at radius 1 is 1.29 bits per heavy atom. The Morgan fingerprint density at radius 3 is 2.79 bits per heavy atom. The molecule has 2 heterocycles. The Hall–Kier alpha value is -2.98. The standard InChI is InChI=1S/C17H16N4O3/c1-18-14-5-3-12(4-6-14)11-21-15(22)9-13-10-19-17(20-16(13)21)24-8-7-23-2/h3-6,10H,7-9,11H2,2H3. The summed E-state index contributed by atoms with van der Waals surface area (Å²) >= 11 is 0. The molecule has 7 nitrogen and oxygen atoms in total. The predicted octanol–water partition coefficient (Wildman–Crippen LogP) is 2.14. The maximum atomic E-state index is 12.3. The van der Waals surface area contributed by atoms with Crippen molar-refractivity contribution in [2.24, 2.45) is 0 Å². The Kier molecular flexibility index (Phi) is 4.68. The van der Waals surface area contributed by atoms with Crippen molar-refractivity contribution in [3.8, 4) is 6.01 Å². The van der Waals surface area contributed by atoms with Gasteiger partial charge in [-0.25, -0.2) is 9.83 Å². The minimum absolute atomic E-state index is 0.0254. The van der Waals surface area contributed by atoms with Crippen LogP contribution in [0.1, 0.15) is 11.1 Å². The van der Waals surface area contributed by atoms with Gasteiger partial charge in [-0.05, 0) is 5.56 Å². The van der Waals surface area contributed by atoms with Gasteiger partial charge in [0.1, 0.15) is 12.4 Å². The first kappa shape index (κ1) is 15.9. The highest BCUT2D eigenvalue weighted by molar-refractivity contribution is 6.00. The summed E-state index contributed by atoms with van der Waals surface area (Å²) in [5.74, 6) is 0.555. The van der Waals surface area contributed by atoms with Crippen molar-refractivity contribution in [1.29, 1.82) is 0 Å². The number of amides is 1. The molecule has 1 aromatic carbocycles. The van der Waals surface area contributed by atoms with Crippen LogP contribution in [-0.2, 0) is 22.5 Å². The molecule has 0 atom stereocenters. The Bertz CT molecular complexity index is 783. The van der Waals surface area contributed by atoms with Gasteiger partial charge in [-0.2, -0.15) is 4.98 Å². The number of ether oxygens (including phenoxy) is 2. The Morgan fingerprint density at radius 2 is 2.08 bits per heavy atom. The molecule has 0 bridgehead atoms. The van der Waals surface area contributed by atoms with Crippen molar-refractivity contribution < 1.29 is 14.3 Å². The molecule has 0 unspecified atom stereocenters. The molecule has 7 heteroatoms. The monoisotopic (exact) mass is 324 g/mol. The molecule has 122 valence electrons. The molecule has 24 heavy (non-hydrogen) atoms. The average molecular weight is 324 g/mol. The number of hydrogen-bond donors (Lipinski definition) is 0. The largest absolute Gasteiger partial charge is 0.461 e. The fourth-order valence-corrected chi connectivity index (χ4v) is 2.42. The van der Waals surface area contributed by atoms with E-state index in [1.807, 2.05) is 12.1 Å². The van der Waals surface area contributed by atoms with Crippen molar-refractivity contribution >= 4 is 17.4 Å². The van der Waals surface area contributed by atoms with E-state index in [9.17, 15) is 4.79 Å². The molecule has 0 fully saturated rings. The maximum Gasteiger partial charge on any atom is 0.318 e. The van der Waals surface area contributed by atoms with Crippen LogP contribution in [0.4, 0.5) is 11.5 Å². The summed E-state index contributed by atoms with van der Waals surface area (Å²) in [4.78, 5) is 25.7. The summed E-state index contributed by atoms with van der Waals surface area (Å²) < 4.78 is 10.3. The van der Waals surface area contributed by atoms with E-state index < -0.39 is 0 Å². The average Bonchev–Trinajstić information content (AvgIpc) is 2.91. The van der Waals surface area contributed by atoms with Crippen LogP contribution in [0.25, 0.3) is 4.85 Å². The summed E-state index contributed by atoms with van der Waals surface area (Å²) in [7, 11) is 1.59. The lowest BCUT2D eigenvalue weighted by atomic mass is 10.2. The zero-order valence-electron chi connectivity index (χ0n) is 13.2. The minimum Gasteiger partial charge on any atom is -0.461 e. The number of methoxy groups -OCH3 is 1. The number of fused-ring (bicyclic) bond motifs is 1. The molecule has 0 radical (unpaired) electrons. The SMILES string of the molecule is [C-]#[N+]c1ccc(CN2C(=O)Cc3cnc(OCCOC)nc32)cc1. The van der Waals surface area contributed by atoms with E-state index >= 15 is 0 Å². The van der Waals surface area contributed by atoms with E-state index in [-0.39, 0.29) is 18.3 Å². The molecule has 0 aliphatic carbocycles. The Balaban J connectivity index is 1.78. The molecular weight excluding hydrogens is 308 g/mol.